The molecule has 0 aliphatic rings. The monoisotopic (exact) mass is 445 g/mol. The molecule has 30 heavy (non-hydrogen) atoms. The second-order valence-electron chi connectivity index (χ2n) is 6.98. The molecule has 8 nitrogen and oxygen atoms in total. The maximum absolute atomic E-state index is 12.5. The third-order valence-electron chi connectivity index (χ3n) is 4.25. The number of nitrogens with one attached hydrogen (secondary N) is 2. The molecule has 3 heterocycles. The van der Waals surface area contributed by atoms with Gasteiger partial charge in [-0.15, -0.1) is 11.8 Å². The summed E-state index contributed by atoms with van der Waals surface area (Å²) in [5.41, 5.74) is 1.35. The quantitative estimate of drug-likeness (QED) is 0.361. The van der Waals surface area contributed by atoms with E-state index in [4.69, 9.17) is 0 Å². The Hall–Kier alpha value is -2.33. The van der Waals surface area contributed by atoms with Crippen LogP contribution in [0.25, 0.3) is 11.0 Å². The molecule has 0 bridgehead atoms. The molecule has 0 saturated carbocycles. The van der Waals surface area contributed by atoms with Gasteiger partial charge in [0.05, 0.1) is 23.7 Å². The van der Waals surface area contributed by atoms with Crippen molar-refractivity contribution in [3.63, 3.8) is 0 Å². The van der Waals surface area contributed by atoms with Crippen LogP contribution < -0.4 is 10.6 Å². The van der Waals surface area contributed by atoms with Gasteiger partial charge in [-0.1, -0.05) is 32.5 Å². The van der Waals surface area contributed by atoms with Crippen LogP contribution in [-0.2, 0) is 6.54 Å². The second kappa shape index (κ2) is 10.6. The first-order chi connectivity index (χ1) is 14.5. The van der Waals surface area contributed by atoms with E-state index < -0.39 is 0 Å². The molecule has 0 radical (unpaired) electrons. The van der Waals surface area contributed by atoms with E-state index >= 15 is 0 Å². The average Bonchev–Trinajstić information content (AvgIpc) is 3.15. The van der Waals surface area contributed by atoms with Crippen molar-refractivity contribution in [3.05, 3.63) is 30.1 Å². The molecule has 0 unspecified atom stereocenters. The van der Waals surface area contributed by atoms with Gasteiger partial charge in [-0.05, 0) is 30.1 Å². The molecule has 0 saturated heterocycles. The number of pyridine rings is 1. The Kier molecular flexibility index (Phi) is 7.92. The molecule has 0 fully saturated rings. The number of rotatable bonds is 10. The molecule has 3 rings (SSSR count). The zero-order valence-corrected chi connectivity index (χ0v) is 19.3. The first-order valence-electron chi connectivity index (χ1n) is 9.90. The van der Waals surface area contributed by atoms with E-state index in [1.54, 1.807) is 36.3 Å². The average molecular weight is 446 g/mol. The van der Waals surface area contributed by atoms with E-state index in [1.165, 1.54) is 11.8 Å². The molecule has 10 heteroatoms. The summed E-state index contributed by atoms with van der Waals surface area (Å²) in [6.07, 6.45) is 5.38. The van der Waals surface area contributed by atoms with E-state index in [9.17, 15) is 4.79 Å². The minimum atomic E-state index is -0.139. The maximum Gasteiger partial charge on any atom is 0.254 e. The summed E-state index contributed by atoms with van der Waals surface area (Å²) < 4.78 is 1.82. The van der Waals surface area contributed by atoms with Gasteiger partial charge >= 0.3 is 0 Å². The summed E-state index contributed by atoms with van der Waals surface area (Å²) in [5.74, 6) is 2.06. The van der Waals surface area contributed by atoms with Crippen LogP contribution >= 0.6 is 23.5 Å². The summed E-state index contributed by atoms with van der Waals surface area (Å²) in [6.45, 7) is 8.17. The topological polar surface area (TPSA) is 97.6 Å². The van der Waals surface area contributed by atoms with Crippen molar-refractivity contribution in [2.24, 2.45) is 5.92 Å². The summed E-state index contributed by atoms with van der Waals surface area (Å²) in [6, 6.07) is 3.55. The number of nitrogens with zero attached hydrogens (tertiary/aromatic N) is 5. The third-order valence-corrected chi connectivity index (χ3v) is 5.69. The van der Waals surface area contributed by atoms with Crippen LogP contribution in [0.5, 0.6) is 0 Å². The Labute approximate surface area is 185 Å². The van der Waals surface area contributed by atoms with Crippen molar-refractivity contribution in [3.8, 4) is 0 Å². The number of carbonyl (C=O) groups is 1. The molecule has 0 spiro atoms. The summed E-state index contributed by atoms with van der Waals surface area (Å²) in [4.78, 5) is 26.1. The molecule has 0 aliphatic carbocycles. The number of fused-ring (bicyclic) bond motifs is 1. The molecular weight excluding hydrogens is 418 g/mol. The lowest BCUT2D eigenvalue weighted by atomic mass is 10.2. The van der Waals surface area contributed by atoms with E-state index in [2.05, 4.69) is 51.5 Å². The Bertz CT molecular complexity index is 1010. The first kappa shape index (κ1) is 22.4. The lowest BCUT2D eigenvalue weighted by Gasteiger charge is -2.11. The summed E-state index contributed by atoms with van der Waals surface area (Å²) >= 11 is 3.05. The predicted octanol–water partition coefficient (Wildman–Crippen LogP) is 3.55. The third kappa shape index (κ3) is 5.42. The molecule has 0 aliphatic heterocycles. The SMILES string of the molecule is CCSc1nc(NCC(C)C)c2cnn(CCNC(=O)c3cccnc3SC)c2n1. The number of hydrogen-bond acceptors (Lipinski definition) is 8. The highest BCUT2D eigenvalue weighted by Gasteiger charge is 2.15. The lowest BCUT2D eigenvalue weighted by molar-refractivity contribution is 0.0948. The highest BCUT2D eigenvalue weighted by atomic mass is 32.2. The van der Waals surface area contributed by atoms with Gasteiger partial charge in [-0.2, -0.15) is 5.10 Å². The van der Waals surface area contributed by atoms with Crippen LogP contribution in [0, 0.1) is 5.92 Å². The summed E-state index contributed by atoms with van der Waals surface area (Å²) in [5, 5.41) is 13.2. The molecule has 2 N–H and O–H groups in total. The Balaban J connectivity index is 1.75. The zero-order chi connectivity index (χ0) is 21.5. The highest BCUT2D eigenvalue weighted by Crippen LogP contribution is 2.24. The van der Waals surface area contributed by atoms with E-state index in [0.717, 1.165) is 39.3 Å². The number of hydrogen-bond donors (Lipinski definition) is 2. The fraction of sp³-hybridized carbons (Fsp3) is 0.450. The van der Waals surface area contributed by atoms with Gasteiger partial charge in [0.2, 0.25) is 0 Å². The van der Waals surface area contributed by atoms with Gasteiger partial charge in [-0.3, -0.25) is 4.79 Å². The van der Waals surface area contributed by atoms with Crippen molar-refractivity contribution in [1.29, 1.82) is 0 Å². The van der Waals surface area contributed by atoms with Crippen LogP contribution in [0.1, 0.15) is 31.1 Å². The molecule has 0 aromatic carbocycles. The molecule has 1 amide bonds. The van der Waals surface area contributed by atoms with Crippen molar-refractivity contribution in [2.75, 3.05) is 30.4 Å². The van der Waals surface area contributed by atoms with Gasteiger partial charge in [0.25, 0.3) is 5.91 Å². The van der Waals surface area contributed by atoms with Crippen molar-refractivity contribution in [1.82, 2.24) is 30.0 Å². The fourth-order valence-electron chi connectivity index (χ4n) is 2.83. The van der Waals surface area contributed by atoms with Crippen LogP contribution in [0.2, 0.25) is 0 Å². The summed E-state index contributed by atoms with van der Waals surface area (Å²) in [7, 11) is 0. The Morgan fingerprint density at radius 2 is 2.13 bits per heavy atom. The van der Waals surface area contributed by atoms with E-state index in [-0.39, 0.29) is 5.91 Å². The number of carbonyl (C=O) groups excluding carboxylic acids is 1. The predicted molar refractivity (Wildman–Crippen MR) is 123 cm³/mol. The van der Waals surface area contributed by atoms with Gasteiger partial charge in [0.1, 0.15) is 10.8 Å². The molecule has 160 valence electrons. The maximum atomic E-state index is 12.5. The molecular formula is C20H27N7OS2. The highest BCUT2D eigenvalue weighted by molar-refractivity contribution is 7.99. The number of thioether (sulfide) groups is 2. The molecule has 0 atom stereocenters. The molecule has 3 aromatic rings. The number of amides is 1. The minimum Gasteiger partial charge on any atom is -0.369 e. The van der Waals surface area contributed by atoms with Crippen LogP contribution in [0.3, 0.4) is 0 Å². The number of anilines is 1. The number of aromatic nitrogens is 5. The zero-order valence-electron chi connectivity index (χ0n) is 17.7. The van der Waals surface area contributed by atoms with E-state index in [1.807, 2.05) is 10.9 Å². The Morgan fingerprint density at radius 3 is 2.87 bits per heavy atom. The van der Waals surface area contributed by atoms with Crippen LogP contribution in [0.15, 0.2) is 34.7 Å². The standard InChI is InChI=1S/C20H27N7OS2/c1-5-30-20-25-16(23-11-13(2)3)15-12-24-27(17(15)26-20)10-9-21-18(28)14-7-6-8-22-19(14)29-4/h6-8,12-13H,5,9-11H2,1-4H3,(H,21,28)(H,23,25,26). The first-order valence-corrected chi connectivity index (χ1v) is 12.1. The van der Waals surface area contributed by atoms with Gasteiger partial charge < -0.3 is 10.6 Å². The van der Waals surface area contributed by atoms with Crippen molar-refractivity contribution < 1.29 is 4.79 Å². The van der Waals surface area contributed by atoms with E-state index in [0.29, 0.717) is 24.6 Å². The van der Waals surface area contributed by atoms with Crippen molar-refractivity contribution in [2.45, 2.75) is 37.5 Å². The Morgan fingerprint density at radius 1 is 1.30 bits per heavy atom. The fourth-order valence-corrected chi connectivity index (χ4v) is 3.94. The lowest BCUT2D eigenvalue weighted by Crippen LogP contribution is -2.28. The minimum absolute atomic E-state index is 0.139. The smallest absolute Gasteiger partial charge is 0.254 e. The molecule has 3 aromatic heterocycles. The van der Waals surface area contributed by atoms with Crippen LogP contribution in [-0.4, -0.2) is 55.7 Å². The largest absolute Gasteiger partial charge is 0.369 e. The van der Waals surface area contributed by atoms with Gasteiger partial charge in [0, 0.05) is 19.3 Å². The van der Waals surface area contributed by atoms with Crippen molar-refractivity contribution >= 4 is 46.3 Å². The van der Waals surface area contributed by atoms with Crippen LogP contribution in [0.4, 0.5) is 5.82 Å². The van der Waals surface area contributed by atoms with Gasteiger partial charge in [0.15, 0.2) is 10.8 Å². The second-order valence-corrected chi connectivity index (χ2v) is 9.01. The van der Waals surface area contributed by atoms with Gasteiger partial charge in [-0.25, -0.2) is 19.6 Å². The normalized spacial score (nSPS) is 11.2.